The molecule has 2 nitrogen and oxygen atoms in total. The quantitative estimate of drug-likeness (QED) is 0.603. The summed E-state index contributed by atoms with van der Waals surface area (Å²) in [7, 11) is 0. The highest BCUT2D eigenvalue weighted by Gasteiger charge is 2.35. The number of hydrogen-bond acceptors (Lipinski definition) is 2. The normalized spacial score (nSPS) is 31.1. The van der Waals surface area contributed by atoms with E-state index in [-0.39, 0.29) is 0 Å². The molecule has 0 bridgehead atoms. The van der Waals surface area contributed by atoms with Gasteiger partial charge in [0.1, 0.15) is 0 Å². The minimum Gasteiger partial charge on any atom is -0.258 e. The van der Waals surface area contributed by atoms with Crippen LogP contribution in [-0.4, -0.2) is 9.97 Å². The maximum Gasteiger partial charge on any atom is 0.0652 e. The molecule has 1 heterocycles. The smallest absolute Gasteiger partial charge is 0.0652 e. The molecule has 2 unspecified atom stereocenters. The molecule has 0 saturated heterocycles. The van der Waals surface area contributed by atoms with E-state index in [0.29, 0.717) is 0 Å². The van der Waals surface area contributed by atoms with Gasteiger partial charge in [0.2, 0.25) is 0 Å². The Morgan fingerprint density at radius 1 is 1.08 bits per heavy atom. The molecule has 0 aromatic carbocycles. The summed E-state index contributed by atoms with van der Waals surface area (Å²) in [6, 6.07) is 0. The molecule has 0 amide bonds. The van der Waals surface area contributed by atoms with Crippen LogP contribution in [-0.2, 0) is 6.42 Å². The lowest BCUT2D eigenvalue weighted by molar-refractivity contribution is 0.327. The van der Waals surface area contributed by atoms with Crippen molar-refractivity contribution in [3.63, 3.8) is 0 Å². The predicted octanol–water partition coefficient (Wildman–Crippen LogP) is 2.31. The summed E-state index contributed by atoms with van der Waals surface area (Å²) < 4.78 is 0. The molecular formula is C11H14N2. The lowest BCUT2D eigenvalue weighted by atomic mass is 9.81. The Kier molecular flexibility index (Phi) is 1.61. The fourth-order valence-corrected chi connectivity index (χ4v) is 2.90. The molecule has 0 spiro atoms. The Morgan fingerprint density at radius 3 is 2.92 bits per heavy atom. The van der Waals surface area contributed by atoms with Gasteiger partial charge in [-0.15, -0.1) is 0 Å². The third kappa shape index (κ3) is 1.08. The van der Waals surface area contributed by atoms with E-state index < -0.39 is 0 Å². The molecule has 1 aromatic rings. The van der Waals surface area contributed by atoms with Crippen molar-refractivity contribution in [3.8, 4) is 0 Å². The number of aromatic nitrogens is 2. The van der Waals surface area contributed by atoms with E-state index in [4.69, 9.17) is 0 Å². The largest absolute Gasteiger partial charge is 0.258 e. The topological polar surface area (TPSA) is 25.8 Å². The third-order valence-corrected chi connectivity index (χ3v) is 3.52. The molecule has 2 heteroatoms. The second-order valence-corrected chi connectivity index (χ2v) is 4.24. The molecule has 1 aromatic heterocycles. The van der Waals surface area contributed by atoms with Gasteiger partial charge in [0, 0.05) is 18.3 Å². The van der Waals surface area contributed by atoms with Gasteiger partial charge in [-0.2, -0.15) is 0 Å². The maximum absolute atomic E-state index is 4.48. The van der Waals surface area contributed by atoms with Crippen LogP contribution in [0.4, 0.5) is 0 Å². The van der Waals surface area contributed by atoms with Crippen molar-refractivity contribution in [3.05, 3.63) is 23.8 Å². The van der Waals surface area contributed by atoms with E-state index in [0.717, 1.165) is 11.8 Å². The van der Waals surface area contributed by atoms with E-state index in [1.54, 1.807) is 0 Å². The molecule has 2 atom stereocenters. The van der Waals surface area contributed by atoms with Crippen molar-refractivity contribution in [1.29, 1.82) is 0 Å². The van der Waals surface area contributed by atoms with Crippen molar-refractivity contribution in [2.24, 2.45) is 5.92 Å². The minimum atomic E-state index is 0.748. The van der Waals surface area contributed by atoms with Gasteiger partial charge in [-0.05, 0) is 25.2 Å². The van der Waals surface area contributed by atoms with Gasteiger partial charge in [-0.25, -0.2) is 0 Å². The molecule has 0 aliphatic heterocycles. The fourth-order valence-electron chi connectivity index (χ4n) is 2.90. The molecular weight excluding hydrogens is 160 g/mol. The zero-order chi connectivity index (χ0) is 8.67. The van der Waals surface area contributed by atoms with Gasteiger partial charge in [0.25, 0.3) is 0 Å². The molecule has 0 radical (unpaired) electrons. The van der Waals surface area contributed by atoms with Crippen molar-refractivity contribution < 1.29 is 0 Å². The zero-order valence-corrected chi connectivity index (χ0v) is 7.74. The first-order chi connectivity index (χ1) is 6.45. The van der Waals surface area contributed by atoms with Crippen LogP contribution < -0.4 is 0 Å². The highest BCUT2D eigenvalue weighted by Crippen LogP contribution is 2.44. The molecule has 1 fully saturated rings. The fraction of sp³-hybridized carbons (Fsp3) is 0.636. The van der Waals surface area contributed by atoms with E-state index in [9.17, 15) is 0 Å². The van der Waals surface area contributed by atoms with Crippen LogP contribution in [0.2, 0.25) is 0 Å². The van der Waals surface area contributed by atoms with Crippen LogP contribution in [0.1, 0.15) is 43.0 Å². The SMILES string of the molecule is c1cnc2c(n1)CC1CCCCC21. The third-order valence-electron chi connectivity index (χ3n) is 3.52. The van der Waals surface area contributed by atoms with Gasteiger partial charge < -0.3 is 0 Å². The first-order valence-electron chi connectivity index (χ1n) is 5.25. The Balaban J connectivity index is 2.01. The van der Waals surface area contributed by atoms with Crippen LogP contribution in [0.25, 0.3) is 0 Å². The molecule has 13 heavy (non-hydrogen) atoms. The second-order valence-electron chi connectivity index (χ2n) is 4.24. The predicted molar refractivity (Wildman–Crippen MR) is 50.4 cm³/mol. The van der Waals surface area contributed by atoms with Crippen molar-refractivity contribution in [2.45, 2.75) is 38.0 Å². The monoisotopic (exact) mass is 174 g/mol. The lowest BCUT2D eigenvalue weighted by Gasteiger charge is -2.24. The van der Waals surface area contributed by atoms with Crippen molar-refractivity contribution in [2.75, 3.05) is 0 Å². The Labute approximate surface area is 78.4 Å². The first-order valence-corrected chi connectivity index (χ1v) is 5.25. The van der Waals surface area contributed by atoms with E-state index in [1.807, 2.05) is 12.4 Å². The van der Waals surface area contributed by atoms with Crippen molar-refractivity contribution >= 4 is 0 Å². The van der Waals surface area contributed by atoms with E-state index in [2.05, 4.69) is 9.97 Å². The Bertz CT molecular complexity index is 322. The zero-order valence-electron chi connectivity index (χ0n) is 7.74. The summed E-state index contributed by atoms with van der Waals surface area (Å²) in [4.78, 5) is 8.90. The standard InChI is InChI=1S/C11H14N2/c1-2-4-9-8(3-1)7-10-11(9)13-6-5-12-10/h5-6,8-9H,1-4,7H2. The molecule has 1 saturated carbocycles. The summed E-state index contributed by atoms with van der Waals surface area (Å²) >= 11 is 0. The second kappa shape index (κ2) is 2.79. The average molecular weight is 174 g/mol. The maximum atomic E-state index is 4.48. The highest BCUT2D eigenvalue weighted by atomic mass is 14.8. The number of hydrogen-bond donors (Lipinski definition) is 0. The first kappa shape index (κ1) is 7.48. The van der Waals surface area contributed by atoms with Gasteiger partial charge in [0.05, 0.1) is 11.4 Å². The Morgan fingerprint density at radius 2 is 1.92 bits per heavy atom. The minimum absolute atomic E-state index is 0.748. The Hall–Kier alpha value is -0.920. The van der Waals surface area contributed by atoms with Crippen LogP contribution in [0.5, 0.6) is 0 Å². The summed E-state index contributed by atoms with van der Waals surface area (Å²) in [5.41, 5.74) is 2.59. The number of fused-ring (bicyclic) bond motifs is 3. The summed E-state index contributed by atoms with van der Waals surface area (Å²) in [5, 5.41) is 0. The van der Waals surface area contributed by atoms with Gasteiger partial charge in [-0.1, -0.05) is 12.8 Å². The average Bonchev–Trinajstić information content (AvgIpc) is 2.56. The number of rotatable bonds is 0. The van der Waals surface area contributed by atoms with Crippen LogP contribution in [0.15, 0.2) is 12.4 Å². The summed E-state index contributed by atoms with van der Waals surface area (Å²) in [6.07, 6.45) is 10.4. The van der Waals surface area contributed by atoms with Crippen LogP contribution >= 0.6 is 0 Å². The molecule has 0 N–H and O–H groups in total. The van der Waals surface area contributed by atoms with Crippen LogP contribution in [0.3, 0.4) is 0 Å². The lowest BCUT2D eigenvalue weighted by Crippen LogP contribution is -2.13. The van der Waals surface area contributed by atoms with Gasteiger partial charge >= 0.3 is 0 Å². The molecule has 68 valence electrons. The van der Waals surface area contributed by atoms with E-state index >= 15 is 0 Å². The van der Waals surface area contributed by atoms with Crippen molar-refractivity contribution in [1.82, 2.24) is 9.97 Å². The van der Waals surface area contributed by atoms with Crippen LogP contribution in [0, 0.1) is 5.92 Å². The van der Waals surface area contributed by atoms with Gasteiger partial charge in [0.15, 0.2) is 0 Å². The highest BCUT2D eigenvalue weighted by molar-refractivity contribution is 5.24. The summed E-state index contributed by atoms with van der Waals surface area (Å²) in [6.45, 7) is 0. The number of nitrogens with zero attached hydrogens (tertiary/aromatic N) is 2. The van der Waals surface area contributed by atoms with E-state index in [1.165, 1.54) is 43.5 Å². The molecule has 2 aliphatic rings. The molecule has 2 aliphatic carbocycles. The van der Waals surface area contributed by atoms with Gasteiger partial charge in [-0.3, -0.25) is 9.97 Å². The molecule has 3 rings (SSSR count). The summed E-state index contributed by atoms with van der Waals surface area (Å²) in [5.74, 6) is 1.61.